The van der Waals surface area contributed by atoms with Crippen molar-refractivity contribution < 1.29 is 13.2 Å². The largest absolute Gasteiger partial charge is 0.416 e. The first kappa shape index (κ1) is 16.7. The number of alkyl halides is 3. The van der Waals surface area contributed by atoms with Crippen molar-refractivity contribution in [3.8, 4) is 0 Å². The molecule has 5 nitrogen and oxygen atoms in total. The Kier molecular flexibility index (Phi) is 5.01. The zero-order valence-electron chi connectivity index (χ0n) is 11.6. The van der Waals surface area contributed by atoms with Crippen molar-refractivity contribution >= 4 is 29.4 Å². The summed E-state index contributed by atoms with van der Waals surface area (Å²) in [4.78, 5) is 0. The second-order valence-corrected chi connectivity index (χ2v) is 5.60. The number of nitrogens with two attached hydrogens (primary N) is 1. The van der Waals surface area contributed by atoms with Crippen LogP contribution in [0.3, 0.4) is 0 Å². The zero-order chi connectivity index (χ0) is 16.3. The number of rotatable bonds is 4. The molecule has 0 saturated carbocycles. The van der Waals surface area contributed by atoms with Crippen LogP contribution in [0, 0.1) is 0 Å². The summed E-state index contributed by atoms with van der Waals surface area (Å²) in [7, 11) is 0. The summed E-state index contributed by atoms with van der Waals surface area (Å²) < 4.78 is 39.6. The summed E-state index contributed by atoms with van der Waals surface area (Å²) in [5.41, 5.74) is 5.24. The van der Waals surface area contributed by atoms with E-state index >= 15 is 0 Å². The first-order valence-corrected chi connectivity index (χ1v) is 8.37. The molecule has 1 aromatic heterocycles. The van der Waals surface area contributed by atoms with E-state index in [0.29, 0.717) is 10.3 Å². The third-order valence-electron chi connectivity index (χ3n) is 2.64. The van der Waals surface area contributed by atoms with E-state index in [1.807, 2.05) is 0 Å². The third kappa shape index (κ3) is 3.55. The maximum atomic E-state index is 12.7. The fourth-order valence-corrected chi connectivity index (χ4v) is 2.52. The van der Waals surface area contributed by atoms with Gasteiger partial charge in [0.05, 0.1) is 5.56 Å². The molecule has 0 fully saturated rings. The van der Waals surface area contributed by atoms with E-state index in [2.05, 4.69) is 15.3 Å². The van der Waals surface area contributed by atoms with Gasteiger partial charge in [0.1, 0.15) is 0 Å². The van der Waals surface area contributed by atoms with Crippen LogP contribution >= 0.6 is 23.5 Å². The van der Waals surface area contributed by atoms with Gasteiger partial charge in [-0.3, -0.25) is 0 Å². The summed E-state index contributed by atoms with van der Waals surface area (Å²) in [6.07, 6.45) is -0.844. The highest BCUT2D eigenvalue weighted by Gasteiger charge is 2.30. The number of aromatic nitrogens is 3. The number of benzene rings is 1. The molecular formula is C12H12F3N5S2. The Balaban J connectivity index is 2.44. The SMILES string of the molecule is CSc1nnc(SC)n1/N=C(\N)c1cccc(C(F)(F)F)c1. The molecule has 1 heterocycles. The molecule has 0 saturated heterocycles. The molecule has 10 heteroatoms. The first-order chi connectivity index (χ1) is 10.4. The van der Waals surface area contributed by atoms with Crippen LogP contribution in [-0.4, -0.2) is 33.2 Å². The van der Waals surface area contributed by atoms with E-state index in [0.717, 1.165) is 12.1 Å². The number of amidine groups is 1. The van der Waals surface area contributed by atoms with E-state index in [4.69, 9.17) is 5.73 Å². The number of halogens is 3. The Morgan fingerprint density at radius 2 is 1.77 bits per heavy atom. The van der Waals surface area contributed by atoms with Crippen molar-refractivity contribution in [2.24, 2.45) is 10.8 Å². The number of thioether (sulfide) groups is 2. The lowest BCUT2D eigenvalue weighted by Crippen LogP contribution is -2.17. The van der Waals surface area contributed by atoms with Gasteiger partial charge in [-0.15, -0.1) is 15.3 Å². The van der Waals surface area contributed by atoms with Crippen molar-refractivity contribution in [1.82, 2.24) is 14.9 Å². The van der Waals surface area contributed by atoms with Crippen LogP contribution in [0.25, 0.3) is 0 Å². The number of nitrogens with zero attached hydrogens (tertiary/aromatic N) is 4. The third-order valence-corrected chi connectivity index (χ3v) is 3.88. The van der Waals surface area contributed by atoms with Crippen LogP contribution < -0.4 is 5.73 Å². The Morgan fingerprint density at radius 1 is 1.18 bits per heavy atom. The predicted molar refractivity (Wildman–Crippen MR) is 81.2 cm³/mol. The first-order valence-electron chi connectivity index (χ1n) is 5.92. The fraction of sp³-hybridized carbons (Fsp3) is 0.250. The second kappa shape index (κ2) is 6.61. The molecule has 22 heavy (non-hydrogen) atoms. The molecule has 0 amide bonds. The molecule has 0 aliphatic rings. The van der Waals surface area contributed by atoms with Gasteiger partial charge in [0.15, 0.2) is 5.84 Å². The number of hydrogen-bond donors (Lipinski definition) is 1. The van der Waals surface area contributed by atoms with E-state index in [1.165, 1.54) is 40.3 Å². The summed E-state index contributed by atoms with van der Waals surface area (Å²) >= 11 is 2.62. The average Bonchev–Trinajstić information content (AvgIpc) is 2.88. The van der Waals surface area contributed by atoms with Crippen molar-refractivity contribution in [2.45, 2.75) is 16.5 Å². The van der Waals surface area contributed by atoms with Gasteiger partial charge in [0, 0.05) is 5.56 Å². The quantitative estimate of drug-likeness (QED) is 0.523. The van der Waals surface area contributed by atoms with Gasteiger partial charge in [0.2, 0.25) is 10.3 Å². The highest BCUT2D eigenvalue weighted by atomic mass is 32.2. The Hall–Kier alpha value is -1.68. The smallest absolute Gasteiger partial charge is 0.382 e. The molecule has 0 bridgehead atoms. The van der Waals surface area contributed by atoms with E-state index < -0.39 is 11.7 Å². The lowest BCUT2D eigenvalue weighted by atomic mass is 10.1. The van der Waals surface area contributed by atoms with E-state index in [9.17, 15) is 13.2 Å². The van der Waals surface area contributed by atoms with E-state index in [-0.39, 0.29) is 11.4 Å². The van der Waals surface area contributed by atoms with E-state index in [1.54, 1.807) is 12.5 Å². The van der Waals surface area contributed by atoms with Gasteiger partial charge in [-0.05, 0) is 24.6 Å². The minimum Gasteiger partial charge on any atom is -0.382 e. The Bertz CT molecular complexity index is 675. The fourth-order valence-electron chi connectivity index (χ4n) is 1.61. The molecule has 0 spiro atoms. The van der Waals surface area contributed by atoms with Gasteiger partial charge in [0.25, 0.3) is 0 Å². The molecule has 2 rings (SSSR count). The monoisotopic (exact) mass is 347 g/mol. The minimum atomic E-state index is -4.43. The van der Waals surface area contributed by atoms with Crippen molar-refractivity contribution in [3.63, 3.8) is 0 Å². The molecule has 0 unspecified atom stereocenters. The van der Waals surface area contributed by atoms with Crippen molar-refractivity contribution in [2.75, 3.05) is 12.5 Å². The Morgan fingerprint density at radius 3 is 2.27 bits per heavy atom. The maximum Gasteiger partial charge on any atom is 0.416 e. The molecule has 0 atom stereocenters. The highest BCUT2D eigenvalue weighted by molar-refractivity contribution is 7.99. The van der Waals surface area contributed by atoms with Gasteiger partial charge >= 0.3 is 6.18 Å². The highest BCUT2D eigenvalue weighted by Crippen LogP contribution is 2.29. The van der Waals surface area contributed by atoms with Gasteiger partial charge in [-0.1, -0.05) is 35.7 Å². The second-order valence-electron chi connectivity index (χ2n) is 4.05. The predicted octanol–water partition coefficient (Wildman–Crippen LogP) is 2.91. The van der Waals surface area contributed by atoms with Crippen LogP contribution in [0.5, 0.6) is 0 Å². The average molecular weight is 347 g/mol. The van der Waals surface area contributed by atoms with Gasteiger partial charge in [-0.25, -0.2) is 0 Å². The lowest BCUT2D eigenvalue weighted by Gasteiger charge is -2.09. The molecule has 0 radical (unpaired) electrons. The molecule has 118 valence electrons. The van der Waals surface area contributed by atoms with Gasteiger partial charge in [-0.2, -0.15) is 17.8 Å². The van der Waals surface area contributed by atoms with Crippen LogP contribution in [0.15, 0.2) is 39.7 Å². The molecule has 0 aliphatic carbocycles. The van der Waals surface area contributed by atoms with Crippen molar-refractivity contribution in [1.29, 1.82) is 0 Å². The van der Waals surface area contributed by atoms with Crippen LogP contribution in [-0.2, 0) is 6.18 Å². The zero-order valence-corrected chi connectivity index (χ0v) is 13.3. The van der Waals surface area contributed by atoms with Crippen LogP contribution in [0.1, 0.15) is 11.1 Å². The van der Waals surface area contributed by atoms with Crippen LogP contribution in [0.4, 0.5) is 13.2 Å². The van der Waals surface area contributed by atoms with Crippen LogP contribution in [0.2, 0.25) is 0 Å². The number of hydrogen-bond acceptors (Lipinski definition) is 5. The topological polar surface area (TPSA) is 69.1 Å². The molecule has 2 aromatic rings. The maximum absolute atomic E-state index is 12.7. The summed E-state index contributed by atoms with van der Waals surface area (Å²) in [6, 6.07) is 4.70. The lowest BCUT2D eigenvalue weighted by molar-refractivity contribution is -0.137. The molecule has 0 aliphatic heterocycles. The molecule has 2 N–H and O–H groups in total. The minimum absolute atomic E-state index is 0.0449. The summed E-state index contributed by atoms with van der Waals surface area (Å²) in [5.74, 6) is -0.0449. The molecule has 1 aromatic carbocycles. The standard InChI is InChI=1S/C12H12F3N5S2/c1-21-10-17-18-11(22-2)20(10)19-9(16)7-4-3-5-8(6-7)12(13,14)15/h3-6H,1-2H3,(H2,16,19). The summed E-state index contributed by atoms with van der Waals surface area (Å²) in [5, 5.41) is 13.0. The summed E-state index contributed by atoms with van der Waals surface area (Å²) in [6.45, 7) is 0. The Labute approximate surface area is 133 Å². The molecular weight excluding hydrogens is 335 g/mol. The van der Waals surface area contributed by atoms with Gasteiger partial charge < -0.3 is 5.73 Å². The normalized spacial score (nSPS) is 12.7. The van der Waals surface area contributed by atoms with Crippen molar-refractivity contribution in [3.05, 3.63) is 35.4 Å².